The van der Waals surface area contributed by atoms with Gasteiger partial charge < -0.3 is 5.32 Å². The Morgan fingerprint density at radius 1 is 1.75 bits per heavy atom. The maximum Gasteiger partial charge on any atom is 0.228 e. The molecule has 0 radical (unpaired) electrons. The molecule has 1 aromatic heterocycles. The van der Waals surface area contributed by atoms with Gasteiger partial charge in [-0.1, -0.05) is 0 Å². The van der Waals surface area contributed by atoms with E-state index in [1.807, 2.05) is 0 Å². The Morgan fingerprint density at radius 2 is 2.50 bits per heavy atom. The van der Waals surface area contributed by atoms with Crippen LogP contribution in [0, 0.1) is 5.92 Å². The zero-order valence-electron chi connectivity index (χ0n) is 6.30. The molecule has 1 aliphatic carbocycles. The van der Waals surface area contributed by atoms with Crippen LogP contribution in [0.25, 0.3) is 0 Å². The van der Waals surface area contributed by atoms with Crippen molar-refractivity contribution in [3.05, 3.63) is 10.7 Å². The minimum atomic E-state index is 0.0833. The largest absolute Gasteiger partial charge is 0.310 e. The van der Waals surface area contributed by atoms with Crippen molar-refractivity contribution < 1.29 is 4.79 Å². The van der Waals surface area contributed by atoms with Crippen molar-refractivity contribution in [2.45, 2.75) is 12.8 Å². The normalized spacial score (nSPS) is 16.1. The van der Waals surface area contributed by atoms with Crippen LogP contribution in [0.4, 0.5) is 5.82 Å². The van der Waals surface area contributed by atoms with Crippen molar-refractivity contribution in [2.75, 3.05) is 5.32 Å². The van der Waals surface area contributed by atoms with Crippen LogP contribution in [0.15, 0.2) is 10.7 Å². The van der Waals surface area contributed by atoms with Crippen LogP contribution in [0.5, 0.6) is 0 Å². The Kier molecular flexibility index (Phi) is 1.88. The van der Waals surface area contributed by atoms with Gasteiger partial charge >= 0.3 is 0 Å². The number of nitrogens with zero attached hydrogens (tertiary/aromatic N) is 1. The molecular formula is C7H8BrN3O. The molecule has 0 unspecified atom stereocenters. The minimum absolute atomic E-state index is 0.0833. The molecule has 1 aromatic rings. The van der Waals surface area contributed by atoms with E-state index in [0.717, 1.165) is 17.3 Å². The molecule has 0 bridgehead atoms. The first-order valence-electron chi connectivity index (χ1n) is 3.77. The second-order valence-electron chi connectivity index (χ2n) is 2.86. The zero-order valence-corrected chi connectivity index (χ0v) is 7.89. The number of rotatable bonds is 2. The fourth-order valence-corrected chi connectivity index (χ4v) is 1.22. The fraction of sp³-hybridized carbons (Fsp3) is 0.429. The number of hydrogen-bond acceptors (Lipinski definition) is 2. The molecule has 12 heavy (non-hydrogen) atoms. The average Bonchev–Trinajstić information content (AvgIpc) is 2.80. The lowest BCUT2D eigenvalue weighted by Gasteiger charge is -1.99. The summed E-state index contributed by atoms with van der Waals surface area (Å²) in [5.41, 5.74) is 0. The monoisotopic (exact) mass is 229 g/mol. The number of H-pyrrole nitrogens is 1. The van der Waals surface area contributed by atoms with Crippen LogP contribution in [-0.2, 0) is 4.79 Å². The van der Waals surface area contributed by atoms with Gasteiger partial charge in [-0.2, -0.15) is 5.10 Å². The first-order chi connectivity index (χ1) is 5.77. The highest BCUT2D eigenvalue weighted by Gasteiger charge is 2.30. The maximum atomic E-state index is 11.2. The molecule has 2 rings (SSSR count). The van der Waals surface area contributed by atoms with Crippen LogP contribution in [0.1, 0.15) is 12.8 Å². The van der Waals surface area contributed by atoms with E-state index in [4.69, 9.17) is 0 Å². The summed E-state index contributed by atoms with van der Waals surface area (Å²) in [6.07, 6.45) is 3.64. The summed E-state index contributed by atoms with van der Waals surface area (Å²) in [6, 6.07) is 0. The first-order valence-corrected chi connectivity index (χ1v) is 4.56. The molecule has 0 saturated heterocycles. The van der Waals surface area contributed by atoms with Crippen LogP contribution in [0.2, 0.25) is 0 Å². The Balaban J connectivity index is 2.02. The molecule has 2 N–H and O–H groups in total. The lowest BCUT2D eigenvalue weighted by molar-refractivity contribution is -0.117. The molecule has 1 fully saturated rings. The van der Waals surface area contributed by atoms with Crippen LogP contribution in [0.3, 0.4) is 0 Å². The standard InChI is InChI=1S/C7H8BrN3O/c8-5-3-9-11-6(5)10-7(12)4-1-2-4/h3-4H,1-2H2,(H2,9,10,11,12). The van der Waals surface area contributed by atoms with E-state index in [2.05, 4.69) is 31.4 Å². The van der Waals surface area contributed by atoms with E-state index in [9.17, 15) is 4.79 Å². The second kappa shape index (κ2) is 2.90. The highest BCUT2D eigenvalue weighted by molar-refractivity contribution is 9.10. The number of anilines is 1. The molecule has 1 heterocycles. The molecule has 64 valence electrons. The lowest BCUT2D eigenvalue weighted by atomic mass is 10.4. The van der Waals surface area contributed by atoms with Gasteiger partial charge in [0.05, 0.1) is 10.7 Å². The van der Waals surface area contributed by atoms with Gasteiger partial charge in [0.2, 0.25) is 5.91 Å². The number of nitrogens with one attached hydrogen (secondary N) is 2. The van der Waals surface area contributed by atoms with Gasteiger partial charge in [0.25, 0.3) is 0 Å². The molecule has 4 nitrogen and oxygen atoms in total. The number of carbonyl (C=O) groups excluding carboxylic acids is 1. The van der Waals surface area contributed by atoms with E-state index < -0.39 is 0 Å². The van der Waals surface area contributed by atoms with Crippen molar-refractivity contribution in [1.82, 2.24) is 10.2 Å². The SMILES string of the molecule is O=C(Nc1[nH]ncc1Br)C1CC1. The molecular weight excluding hydrogens is 222 g/mol. The summed E-state index contributed by atoms with van der Waals surface area (Å²) in [6.45, 7) is 0. The zero-order chi connectivity index (χ0) is 8.55. The van der Waals surface area contributed by atoms with Gasteiger partial charge in [0.1, 0.15) is 5.82 Å². The third-order valence-electron chi connectivity index (χ3n) is 1.79. The van der Waals surface area contributed by atoms with E-state index in [-0.39, 0.29) is 11.8 Å². The molecule has 0 aromatic carbocycles. The summed E-state index contributed by atoms with van der Waals surface area (Å²) in [4.78, 5) is 11.2. The Labute approximate surface area is 77.9 Å². The highest BCUT2D eigenvalue weighted by Crippen LogP contribution is 2.30. The fourth-order valence-electron chi connectivity index (χ4n) is 0.930. The lowest BCUT2D eigenvalue weighted by Crippen LogP contribution is -2.13. The Bertz CT molecular complexity index is 305. The summed E-state index contributed by atoms with van der Waals surface area (Å²) in [7, 11) is 0. The van der Waals surface area contributed by atoms with E-state index in [1.54, 1.807) is 6.20 Å². The number of carbonyl (C=O) groups is 1. The van der Waals surface area contributed by atoms with Crippen molar-refractivity contribution in [1.29, 1.82) is 0 Å². The van der Waals surface area contributed by atoms with Crippen LogP contribution >= 0.6 is 15.9 Å². The smallest absolute Gasteiger partial charge is 0.228 e. The molecule has 5 heteroatoms. The van der Waals surface area contributed by atoms with Gasteiger partial charge in [0, 0.05) is 5.92 Å². The highest BCUT2D eigenvalue weighted by atomic mass is 79.9. The van der Waals surface area contributed by atoms with Gasteiger partial charge in [-0.15, -0.1) is 0 Å². The van der Waals surface area contributed by atoms with Gasteiger partial charge in [-0.05, 0) is 28.8 Å². The van der Waals surface area contributed by atoms with Crippen LogP contribution < -0.4 is 5.32 Å². The van der Waals surface area contributed by atoms with Crippen LogP contribution in [-0.4, -0.2) is 16.1 Å². The summed E-state index contributed by atoms with van der Waals surface area (Å²) >= 11 is 3.26. The number of aromatic amines is 1. The minimum Gasteiger partial charge on any atom is -0.310 e. The first kappa shape index (κ1) is 7.79. The third kappa shape index (κ3) is 1.50. The molecule has 1 saturated carbocycles. The quantitative estimate of drug-likeness (QED) is 0.809. The Hall–Kier alpha value is -0.840. The third-order valence-corrected chi connectivity index (χ3v) is 2.39. The van der Waals surface area contributed by atoms with Gasteiger partial charge in [0.15, 0.2) is 0 Å². The van der Waals surface area contributed by atoms with E-state index >= 15 is 0 Å². The summed E-state index contributed by atoms with van der Waals surface area (Å²) < 4.78 is 0.788. The number of halogens is 1. The number of amides is 1. The maximum absolute atomic E-state index is 11.2. The molecule has 0 atom stereocenters. The van der Waals surface area contributed by atoms with Crippen molar-refractivity contribution in [2.24, 2.45) is 5.92 Å². The van der Waals surface area contributed by atoms with Crippen molar-refractivity contribution >= 4 is 27.7 Å². The van der Waals surface area contributed by atoms with Gasteiger partial charge in [-0.3, -0.25) is 9.89 Å². The second-order valence-corrected chi connectivity index (χ2v) is 3.71. The molecule has 0 spiro atoms. The number of aromatic nitrogens is 2. The van der Waals surface area contributed by atoms with E-state index in [1.165, 1.54) is 0 Å². The summed E-state index contributed by atoms with van der Waals surface area (Å²) in [5.74, 6) is 0.951. The molecule has 1 amide bonds. The molecule has 1 aliphatic rings. The predicted octanol–water partition coefficient (Wildman–Crippen LogP) is 1.52. The predicted molar refractivity (Wildman–Crippen MR) is 47.6 cm³/mol. The van der Waals surface area contributed by atoms with E-state index in [0.29, 0.717) is 5.82 Å². The Morgan fingerprint density at radius 3 is 3.00 bits per heavy atom. The molecule has 0 aliphatic heterocycles. The summed E-state index contributed by atoms with van der Waals surface area (Å²) in [5, 5.41) is 9.21. The topological polar surface area (TPSA) is 57.8 Å². The number of hydrogen-bond donors (Lipinski definition) is 2. The average molecular weight is 230 g/mol. The van der Waals surface area contributed by atoms with Crippen molar-refractivity contribution in [3.8, 4) is 0 Å². The van der Waals surface area contributed by atoms with Gasteiger partial charge in [-0.25, -0.2) is 0 Å². The van der Waals surface area contributed by atoms with Crippen molar-refractivity contribution in [3.63, 3.8) is 0 Å².